The van der Waals surface area contributed by atoms with Gasteiger partial charge in [-0.25, -0.2) is 4.79 Å². The van der Waals surface area contributed by atoms with Gasteiger partial charge < -0.3 is 9.63 Å². The molecule has 102 valence electrons. The second kappa shape index (κ2) is 4.93. The highest BCUT2D eigenvalue weighted by Gasteiger charge is 2.54. The van der Waals surface area contributed by atoms with Crippen LogP contribution >= 0.6 is 7.60 Å². The molecular weight excluding hydrogens is 267 g/mol. The maximum atomic E-state index is 12.2. The van der Waals surface area contributed by atoms with Gasteiger partial charge in [0.1, 0.15) is 0 Å². The molecule has 1 aliphatic rings. The van der Waals surface area contributed by atoms with E-state index in [-0.39, 0.29) is 6.61 Å². The normalized spacial score (nSPS) is 29.9. The lowest BCUT2D eigenvalue weighted by Gasteiger charge is -2.28. The van der Waals surface area contributed by atoms with E-state index in [0.717, 1.165) is 5.82 Å². The van der Waals surface area contributed by atoms with Crippen LogP contribution in [-0.2, 0) is 24.2 Å². The van der Waals surface area contributed by atoms with E-state index in [0.29, 0.717) is 11.1 Å². The van der Waals surface area contributed by atoms with Gasteiger partial charge >= 0.3 is 13.6 Å². The van der Waals surface area contributed by atoms with Gasteiger partial charge in [-0.3, -0.25) is 9.09 Å². The van der Waals surface area contributed by atoms with E-state index in [9.17, 15) is 14.3 Å². The quantitative estimate of drug-likeness (QED) is 0.681. The van der Waals surface area contributed by atoms with Crippen LogP contribution < -0.4 is 0 Å². The van der Waals surface area contributed by atoms with Crippen LogP contribution in [-0.4, -0.2) is 17.5 Å². The van der Waals surface area contributed by atoms with Gasteiger partial charge in [-0.1, -0.05) is 30.3 Å². The lowest BCUT2D eigenvalue weighted by atomic mass is 9.88. The number of rotatable bonds is 3. The summed E-state index contributed by atoms with van der Waals surface area (Å²) in [6.45, 7) is 3.42. The summed E-state index contributed by atoms with van der Waals surface area (Å²) in [5.41, 5.74) is -0.779. The molecule has 1 heterocycles. The Balaban J connectivity index is 2.57. The Labute approximate surface area is 111 Å². The Morgan fingerprint density at radius 2 is 2.05 bits per heavy atom. The second-order valence-electron chi connectivity index (χ2n) is 4.24. The first-order valence-electron chi connectivity index (χ1n) is 5.88. The summed E-state index contributed by atoms with van der Waals surface area (Å²) in [5, 5.41) is 0. The van der Waals surface area contributed by atoms with Gasteiger partial charge in [-0.05, 0) is 25.0 Å². The molecule has 0 saturated carbocycles. The fourth-order valence-electron chi connectivity index (χ4n) is 2.13. The average molecular weight is 282 g/mol. The molecule has 0 spiro atoms. The first-order chi connectivity index (χ1) is 8.92. The Bertz CT molecular complexity index is 566. The lowest BCUT2D eigenvalue weighted by Crippen LogP contribution is -2.38. The number of hydrogen-bond donors (Lipinski definition) is 1. The third kappa shape index (κ3) is 2.37. The third-order valence-electron chi connectivity index (χ3n) is 2.92. The maximum Gasteiger partial charge on any atom is 0.353 e. The van der Waals surface area contributed by atoms with Crippen molar-refractivity contribution in [3.8, 4) is 0 Å². The highest BCUT2D eigenvalue weighted by molar-refractivity contribution is 7.56. The molecule has 0 aliphatic carbocycles. The van der Waals surface area contributed by atoms with Gasteiger partial charge in [0.25, 0.3) is 0 Å². The molecule has 1 N–H and O–H groups in total. The van der Waals surface area contributed by atoms with Gasteiger partial charge in [0.15, 0.2) is 0 Å². The Hall–Kier alpha value is -1.42. The zero-order chi connectivity index (χ0) is 14.1. The molecule has 0 aromatic heterocycles. The van der Waals surface area contributed by atoms with Crippen LogP contribution in [0.3, 0.4) is 0 Å². The summed E-state index contributed by atoms with van der Waals surface area (Å²) < 4.78 is 22.0. The number of ether oxygens (including phenoxy) is 1. The number of hydrogen-bond acceptors (Lipinski definition) is 4. The SMILES string of the molecule is CCOC(=O)C1(c2ccccc2)OP(=O)(O)C=C1C. The number of carbonyl (C=O) groups excluding carboxylic acids is 1. The van der Waals surface area contributed by atoms with E-state index >= 15 is 0 Å². The zero-order valence-electron chi connectivity index (χ0n) is 10.7. The minimum atomic E-state index is -3.93. The fourth-order valence-corrected chi connectivity index (χ4v) is 3.57. The third-order valence-corrected chi connectivity index (χ3v) is 4.17. The minimum absolute atomic E-state index is 0.166. The van der Waals surface area contributed by atoms with Crippen LogP contribution in [0.1, 0.15) is 19.4 Å². The molecule has 0 amide bonds. The Morgan fingerprint density at radius 1 is 1.42 bits per heavy atom. The highest BCUT2D eigenvalue weighted by atomic mass is 31.2. The average Bonchev–Trinajstić information content (AvgIpc) is 2.61. The molecule has 0 bridgehead atoms. The van der Waals surface area contributed by atoms with Crippen LogP contribution in [0.4, 0.5) is 0 Å². The van der Waals surface area contributed by atoms with Crippen molar-refractivity contribution in [1.82, 2.24) is 0 Å². The largest absolute Gasteiger partial charge is 0.463 e. The highest BCUT2D eigenvalue weighted by Crippen LogP contribution is 2.60. The van der Waals surface area contributed by atoms with Crippen LogP contribution in [0, 0.1) is 0 Å². The Morgan fingerprint density at radius 3 is 2.53 bits per heavy atom. The van der Waals surface area contributed by atoms with Crippen molar-refractivity contribution >= 4 is 13.6 Å². The molecule has 0 fully saturated rings. The molecule has 1 aliphatic heterocycles. The molecule has 19 heavy (non-hydrogen) atoms. The van der Waals surface area contributed by atoms with Crippen molar-refractivity contribution in [2.24, 2.45) is 0 Å². The molecule has 2 unspecified atom stereocenters. The van der Waals surface area contributed by atoms with Gasteiger partial charge in [-0.2, -0.15) is 0 Å². The number of benzene rings is 1. The predicted molar refractivity (Wildman–Crippen MR) is 69.4 cm³/mol. The smallest absolute Gasteiger partial charge is 0.353 e. The van der Waals surface area contributed by atoms with Crippen molar-refractivity contribution in [3.63, 3.8) is 0 Å². The molecule has 2 rings (SSSR count). The topological polar surface area (TPSA) is 72.8 Å². The first kappa shape index (κ1) is 14.0. The number of esters is 1. The van der Waals surface area contributed by atoms with Crippen molar-refractivity contribution < 1.29 is 23.5 Å². The molecule has 0 saturated heterocycles. The van der Waals surface area contributed by atoms with Crippen LogP contribution in [0.2, 0.25) is 0 Å². The van der Waals surface area contributed by atoms with Gasteiger partial charge in [0.05, 0.1) is 6.61 Å². The van der Waals surface area contributed by atoms with E-state index in [2.05, 4.69) is 0 Å². The standard InChI is InChI=1S/C13H15O5P/c1-3-17-12(14)13(11-7-5-4-6-8-11)10(2)9-19(15,16)18-13/h4-9H,3H2,1-2H3,(H,15,16). The first-order valence-corrected chi connectivity index (χ1v) is 7.53. The van der Waals surface area contributed by atoms with Gasteiger partial charge in [-0.15, -0.1) is 0 Å². The van der Waals surface area contributed by atoms with Crippen LogP contribution in [0.15, 0.2) is 41.7 Å². The minimum Gasteiger partial charge on any atom is -0.463 e. The predicted octanol–water partition coefficient (Wildman–Crippen LogP) is 2.56. The summed E-state index contributed by atoms with van der Waals surface area (Å²) in [6.07, 6.45) is 0. The van der Waals surface area contributed by atoms with E-state index in [1.54, 1.807) is 44.2 Å². The summed E-state index contributed by atoms with van der Waals surface area (Å²) in [5.74, 6) is 0.415. The molecule has 0 radical (unpaired) electrons. The fraction of sp³-hybridized carbons (Fsp3) is 0.308. The van der Waals surface area contributed by atoms with Gasteiger partial charge in [0.2, 0.25) is 5.60 Å². The van der Waals surface area contributed by atoms with Crippen LogP contribution in [0.25, 0.3) is 0 Å². The Kier molecular flexibility index (Phi) is 3.63. The van der Waals surface area contributed by atoms with Crippen molar-refractivity contribution in [1.29, 1.82) is 0 Å². The maximum absolute atomic E-state index is 12.2. The van der Waals surface area contributed by atoms with Crippen LogP contribution in [0.5, 0.6) is 0 Å². The lowest BCUT2D eigenvalue weighted by molar-refractivity contribution is -0.159. The monoisotopic (exact) mass is 282 g/mol. The zero-order valence-corrected chi connectivity index (χ0v) is 11.6. The molecule has 1 aromatic carbocycles. The van der Waals surface area contributed by atoms with Crippen molar-refractivity contribution in [2.45, 2.75) is 19.4 Å². The van der Waals surface area contributed by atoms with Crippen molar-refractivity contribution in [3.05, 3.63) is 47.3 Å². The molecule has 1 aromatic rings. The molecule has 6 heteroatoms. The summed E-state index contributed by atoms with van der Waals surface area (Å²) in [6, 6.07) is 8.58. The number of carbonyl (C=O) groups is 1. The summed E-state index contributed by atoms with van der Waals surface area (Å²) >= 11 is 0. The van der Waals surface area contributed by atoms with E-state index in [1.807, 2.05) is 0 Å². The molecule has 5 nitrogen and oxygen atoms in total. The van der Waals surface area contributed by atoms with E-state index < -0.39 is 19.2 Å². The summed E-state index contributed by atoms with van der Waals surface area (Å²) in [4.78, 5) is 21.9. The second-order valence-corrected chi connectivity index (χ2v) is 5.80. The molecular formula is C13H15O5P. The van der Waals surface area contributed by atoms with E-state index in [4.69, 9.17) is 9.26 Å². The molecule has 2 atom stereocenters. The van der Waals surface area contributed by atoms with E-state index in [1.165, 1.54) is 0 Å². The van der Waals surface area contributed by atoms with Crippen molar-refractivity contribution in [2.75, 3.05) is 6.61 Å². The van der Waals surface area contributed by atoms with Gasteiger partial charge in [0, 0.05) is 5.82 Å². The summed E-state index contributed by atoms with van der Waals surface area (Å²) in [7, 11) is -3.93.